The first-order chi connectivity index (χ1) is 11.7. The van der Waals surface area contributed by atoms with Gasteiger partial charge in [0.1, 0.15) is 6.10 Å². The van der Waals surface area contributed by atoms with Crippen molar-refractivity contribution in [2.75, 3.05) is 18.1 Å². The van der Waals surface area contributed by atoms with Crippen LogP contribution in [0.25, 0.3) is 0 Å². The Morgan fingerprint density at radius 2 is 1.96 bits per heavy atom. The van der Waals surface area contributed by atoms with E-state index in [0.717, 1.165) is 13.0 Å². The summed E-state index contributed by atoms with van der Waals surface area (Å²) in [5.74, 6) is 4.81. The fourth-order valence-corrected chi connectivity index (χ4v) is 9.46. The molecule has 0 aromatic carbocycles. The number of thiocarbonyl (C=S) groups is 1. The Labute approximate surface area is 158 Å². The van der Waals surface area contributed by atoms with Crippen LogP contribution in [0.15, 0.2) is 0 Å². The summed E-state index contributed by atoms with van der Waals surface area (Å²) in [4.78, 5) is 15.9. The van der Waals surface area contributed by atoms with Crippen LogP contribution in [0.2, 0.25) is 0 Å². The molecule has 4 saturated heterocycles. The van der Waals surface area contributed by atoms with E-state index in [9.17, 15) is 4.79 Å². The Morgan fingerprint density at radius 3 is 2.79 bits per heavy atom. The van der Waals surface area contributed by atoms with Crippen molar-refractivity contribution in [3.8, 4) is 0 Å². The molecule has 0 spiro atoms. The van der Waals surface area contributed by atoms with Crippen LogP contribution in [0.3, 0.4) is 0 Å². The number of hydrogen-bond donors (Lipinski definition) is 0. The second-order valence-electron chi connectivity index (χ2n) is 8.00. The van der Waals surface area contributed by atoms with Crippen LogP contribution in [0, 0.1) is 23.7 Å². The molecular weight excluding hydrogens is 358 g/mol. The monoisotopic (exact) mass is 383 g/mol. The molecule has 0 N–H and O–H groups in total. The van der Waals surface area contributed by atoms with Gasteiger partial charge in [0.2, 0.25) is 0 Å². The van der Waals surface area contributed by atoms with E-state index < -0.39 is 0 Å². The van der Waals surface area contributed by atoms with E-state index in [0.29, 0.717) is 40.7 Å². The van der Waals surface area contributed by atoms with Gasteiger partial charge in [-0.3, -0.25) is 4.79 Å². The van der Waals surface area contributed by atoms with Crippen molar-refractivity contribution in [2.45, 2.75) is 55.3 Å². The van der Waals surface area contributed by atoms with Gasteiger partial charge in [0.05, 0.1) is 16.0 Å². The molecule has 1 aliphatic carbocycles. The van der Waals surface area contributed by atoms with E-state index in [1.165, 1.54) is 42.2 Å². The Hall–Kier alpha value is 0.0600. The Morgan fingerprint density at radius 1 is 1.12 bits per heavy atom. The summed E-state index contributed by atoms with van der Waals surface area (Å²) in [5, 5.41) is 0. The van der Waals surface area contributed by atoms with Gasteiger partial charge in [-0.25, -0.2) is 0 Å². The fourth-order valence-electron chi connectivity index (χ4n) is 6.08. The van der Waals surface area contributed by atoms with Gasteiger partial charge < -0.3 is 9.64 Å². The van der Waals surface area contributed by atoms with Crippen LogP contribution < -0.4 is 0 Å². The number of thioether (sulfide) groups is 2. The van der Waals surface area contributed by atoms with Crippen LogP contribution in [0.4, 0.5) is 0 Å². The number of rotatable bonds is 2. The van der Waals surface area contributed by atoms with Crippen molar-refractivity contribution in [3.63, 3.8) is 0 Å². The molecule has 0 bridgehead atoms. The van der Waals surface area contributed by atoms with Crippen LogP contribution in [0.1, 0.15) is 38.5 Å². The molecule has 0 aromatic rings. The Kier molecular flexibility index (Phi) is 4.29. The lowest BCUT2D eigenvalue weighted by atomic mass is 9.62. The molecule has 5 rings (SSSR count). The van der Waals surface area contributed by atoms with Crippen LogP contribution in [-0.2, 0) is 9.53 Å². The van der Waals surface area contributed by atoms with E-state index in [4.69, 9.17) is 17.0 Å². The van der Waals surface area contributed by atoms with Crippen LogP contribution in [-0.4, -0.2) is 50.6 Å². The first-order valence-electron chi connectivity index (χ1n) is 9.44. The third-order valence-electron chi connectivity index (χ3n) is 6.92. The van der Waals surface area contributed by atoms with Crippen molar-refractivity contribution in [2.24, 2.45) is 23.7 Å². The Bertz CT molecular complexity index is 550. The molecule has 0 amide bonds. The van der Waals surface area contributed by atoms with Gasteiger partial charge in [0.25, 0.3) is 0 Å². The lowest BCUT2D eigenvalue weighted by Crippen LogP contribution is -2.53. The van der Waals surface area contributed by atoms with Gasteiger partial charge in [-0.15, -0.1) is 23.5 Å². The molecule has 132 valence electrons. The summed E-state index contributed by atoms with van der Waals surface area (Å²) in [6.07, 6.45) is 6.93. The fraction of sp³-hybridized carbons (Fsp3) is 0.889. The van der Waals surface area contributed by atoms with Crippen LogP contribution >= 0.6 is 35.7 Å². The van der Waals surface area contributed by atoms with E-state index in [1.54, 1.807) is 0 Å². The Balaban J connectivity index is 1.50. The highest BCUT2D eigenvalue weighted by atomic mass is 32.2. The van der Waals surface area contributed by atoms with E-state index in [2.05, 4.69) is 28.4 Å². The predicted octanol–water partition coefficient (Wildman–Crippen LogP) is 3.56. The van der Waals surface area contributed by atoms with Gasteiger partial charge >= 0.3 is 5.97 Å². The topological polar surface area (TPSA) is 29.5 Å². The quantitative estimate of drug-likeness (QED) is 0.535. The molecule has 24 heavy (non-hydrogen) atoms. The van der Waals surface area contributed by atoms with Crippen molar-refractivity contribution < 1.29 is 9.53 Å². The van der Waals surface area contributed by atoms with E-state index in [-0.39, 0.29) is 12.1 Å². The molecule has 6 atom stereocenters. The number of carbonyl (C=O) groups is 1. The SMILES string of the molecule is O=C1C[C@@H]2[C@H]3CC(=S)N4CCCC[C@H]([C@@H](CC5SCCS5)[C@@H]2O1)[C@H]34. The van der Waals surface area contributed by atoms with Gasteiger partial charge in [-0.2, -0.15) is 0 Å². The summed E-state index contributed by atoms with van der Waals surface area (Å²) < 4.78 is 6.65. The van der Waals surface area contributed by atoms with Gasteiger partial charge in [0, 0.05) is 42.3 Å². The number of fused-ring (bicyclic) bond motifs is 2. The van der Waals surface area contributed by atoms with Crippen molar-refractivity contribution in [1.29, 1.82) is 0 Å². The maximum Gasteiger partial charge on any atom is 0.306 e. The number of hydrogen-bond acceptors (Lipinski definition) is 5. The molecule has 6 heteroatoms. The van der Waals surface area contributed by atoms with Gasteiger partial charge in [-0.1, -0.05) is 18.6 Å². The van der Waals surface area contributed by atoms with Crippen molar-refractivity contribution in [3.05, 3.63) is 0 Å². The minimum Gasteiger partial charge on any atom is -0.462 e. The molecule has 5 fully saturated rings. The summed E-state index contributed by atoms with van der Waals surface area (Å²) >= 11 is 10.00. The zero-order chi connectivity index (χ0) is 16.3. The third-order valence-corrected chi connectivity index (χ3v) is 10.4. The maximum atomic E-state index is 12.1. The molecule has 0 radical (unpaired) electrons. The van der Waals surface area contributed by atoms with Crippen molar-refractivity contribution in [1.82, 2.24) is 4.90 Å². The number of esters is 1. The highest BCUT2D eigenvalue weighted by Gasteiger charge is 2.59. The second-order valence-corrected chi connectivity index (χ2v) is 11.4. The first-order valence-corrected chi connectivity index (χ1v) is 11.9. The van der Waals surface area contributed by atoms with Crippen LogP contribution in [0.5, 0.6) is 0 Å². The first kappa shape index (κ1) is 16.2. The van der Waals surface area contributed by atoms with Crippen molar-refractivity contribution >= 4 is 46.7 Å². The molecule has 0 aromatic heterocycles. The zero-order valence-corrected chi connectivity index (χ0v) is 16.3. The highest BCUT2D eigenvalue weighted by Crippen LogP contribution is 2.55. The molecule has 5 aliphatic rings. The average Bonchev–Trinajstić information content (AvgIpc) is 3.22. The average molecular weight is 384 g/mol. The molecular formula is C18H25NO2S3. The number of ether oxygens (including phenoxy) is 1. The summed E-state index contributed by atoms with van der Waals surface area (Å²) in [6.45, 7) is 1.14. The summed E-state index contributed by atoms with van der Waals surface area (Å²) in [5.41, 5.74) is 0. The minimum atomic E-state index is 0.0440. The molecule has 0 unspecified atom stereocenters. The summed E-state index contributed by atoms with van der Waals surface area (Å²) in [6, 6.07) is 0.595. The maximum absolute atomic E-state index is 12.1. The van der Waals surface area contributed by atoms with Gasteiger partial charge in [0.15, 0.2) is 0 Å². The molecule has 4 heterocycles. The third kappa shape index (κ3) is 2.54. The van der Waals surface area contributed by atoms with E-state index in [1.807, 2.05) is 0 Å². The highest BCUT2D eigenvalue weighted by molar-refractivity contribution is 8.20. The molecule has 1 saturated carbocycles. The number of carbonyl (C=O) groups excluding carboxylic acids is 1. The van der Waals surface area contributed by atoms with Gasteiger partial charge in [-0.05, 0) is 31.1 Å². The predicted molar refractivity (Wildman–Crippen MR) is 103 cm³/mol. The molecule has 3 nitrogen and oxygen atoms in total. The lowest BCUT2D eigenvalue weighted by Gasteiger charge is -2.48. The zero-order valence-electron chi connectivity index (χ0n) is 13.9. The van der Waals surface area contributed by atoms with E-state index >= 15 is 0 Å². The second kappa shape index (κ2) is 6.34. The standard InChI is InChI=1S/C18H25NO2S3/c20-15-8-12-11-7-14(22)19-4-2-1-3-10(17(11)19)13(18(12)21-15)9-16-23-5-6-24-16/h10-13,16-18H,1-9H2/t10-,11-,12-,13-,17-,18-/m1/s1. The number of nitrogens with zero attached hydrogens (tertiary/aromatic N) is 1. The largest absolute Gasteiger partial charge is 0.462 e. The normalized spacial score (nSPS) is 45.1. The minimum absolute atomic E-state index is 0.0440. The summed E-state index contributed by atoms with van der Waals surface area (Å²) in [7, 11) is 0. The lowest BCUT2D eigenvalue weighted by molar-refractivity contribution is -0.146. The smallest absolute Gasteiger partial charge is 0.306 e. The molecule has 4 aliphatic heterocycles.